The van der Waals surface area contributed by atoms with Gasteiger partial charge in [-0.1, -0.05) is 18.5 Å². The van der Waals surface area contributed by atoms with Crippen molar-refractivity contribution in [3.05, 3.63) is 35.0 Å². The average molecular weight is 464 g/mol. The first-order valence-electron chi connectivity index (χ1n) is 10.2. The van der Waals surface area contributed by atoms with Crippen LogP contribution in [0.4, 0.5) is 19.4 Å². The highest BCUT2D eigenvalue weighted by Gasteiger charge is 2.48. The lowest BCUT2D eigenvalue weighted by Gasteiger charge is -2.54. The van der Waals surface area contributed by atoms with Crippen LogP contribution in [0.3, 0.4) is 0 Å². The third-order valence-electron chi connectivity index (χ3n) is 5.96. The number of halogens is 3. The van der Waals surface area contributed by atoms with E-state index in [2.05, 4.69) is 15.0 Å². The van der Waals surface area contributed by atoms with Crippen LogP contribution in [0.15, 0.2) is 18.3 Å². The number of carboxylic acid groups (broad SMARTS) is 1. The lowest BCUT2D eigenvalue weighted by molar-refractivity contribution is 0.00728. The lowest BCUT2D eigenvalue weighted by atomic mass is 9.88. The number of carbonyl (C=O) groups is 1. The average Bonchev–Trinajstić information content (AvgIpc) is 3.11. The molecule has 6 rings (SSSR count). The zero-order chi connectivity index (χ0) is 22.8. The minimum absolute atomic E-state index is 0.108. The molecule has 3 aliphatic rings. The molecule has 1 N–H and O–H groups in total. The largest absolute Gasteiger partial charge is 0.465 e. The van der Waals surface area contributed by atoms with Gasteiger partial charge in [-0.15, -0.1) is 5.10 Å². The summed E-state index contributed by atoms with van der Waals surface area (Å²) in [5.41, 5.74) is 1.04. The van der Waals surface area contributed by atoms with Crippen LogP contribution < -0.4 is 4.90 Å². The standard InChI is InChI=1S/C20H20ClF2N7O2/c1-3-10-4-16(26-18(25-10)20(2,22)23)30-14-6-15(21)24-7-13(14)17(27-30)28-8-11-5-12(9-28)29(11)19(31)32/h4,6-7,11-12H,3,5,8-9H2,1-2H3,(H,31,32). The number of rotatable bonds is 4. The van der Waals surface area contributed by atoms with Crippen LogP contribution in [-0.4, -0.2) is 66.0 Å². The third-order valence-corrected chi connectivity index (χ3v) is 6.17. The van der Waals surface area contributed by atoms with E-state index in [0.717, 1.165) is 13.3 Å². The van der Waals surface area contributed by atoms with Crippen LogP contribution >= 0.6 is 11.6 Å². The molecule has 2 atom stereocenters. The van der Waals surface area contributed by atoms with E-state index in [1.807, 2.05) is 11.8 Å². The lowest BCUT2D eigenvalue weighted by Crippen LogP contribution is -2.70. The molecule has 3 aromatic heterocycles. The van der Waals surface area contributed by atoms with Crippen molar-refractivity contribution in [2.24, 2.45) is 0 Å². The van der Waals surface area contributed by atoms with Gasteiger partial charge < -0.3 is 10.0 Å². The number of alkyl halides is 2. The summed E-state index contributed by atoms with van der Waals surface area (Å²) >= 11 is 6.13. The second-order valence-electron chi connectivity index (χ2n) is 8.18. The molecule has 1 amide bonds. The maximum atomic E-state index is 14.0. The van der Waals surface area contributed by atoms with Gasteiger partial charge in [-0.05, 0) is 12.8 Å². The summed E-state index contributed by atoms with van der Waals surface area (Å²) in [4.78, 5) is 27.1. The Morgan fingerprint density at radius 2 is 2.00 bits per heavy atom. The number of fused-ring (bicyclic) bond motifs is 3. The van der Waals surface area contributed by atoms with Gasteiger partial charge in [0.25, 0.3) is 0 Å². The molecule has 12 heteroatoms. The molecule has 3 saturated heterocycles. The van der Waals surface area contributed by atoms with Crippen molar-refractivity contribution in [3.8, 4) is 5.82 Å². The number of aryl methyl sites for hydroxylation is 1. The van der Waals surface area contributed by atoms with Gasteiger partial charge in [0.1, 0.15) is 5.15 Å². The fourth-order valence-electron chi connectivity index (χ4n) is 4.44. The van der Waals surface area contributed by atoms with Crippen molar-refractivity contribution < 1.29 is 18.7 Å². The van der Waals surface area contributed by atoms with E-state index in [1.165, 1.54) is 9.58 Å². The SMILES string of the molecule is CCc1cc(-n2nc(N3CC4CC(C3)N4C(=O)O)c3cnc(Cl)cc32)nc(C(C)(F)F)n1. The molecule has 0 radical (unpaired) electrons. The smallest absolute Gasteiger partial charge is 0.407 e. The monoisotopic (exact) mass is 463 g/mol. The van der Waals surface area contributed by atoms with E-state index in [4.69, 9.17) is 16.7 Å². The number of hydrogen-bond donors (Lipinski definition) is 1. The van der Waals surface area contributed by atoms with Crippen LogP contribution in [0.5, 0.6) is 0 Å². The van der Waals surface area contributed by atoms with Gasteiger partial charge in [0, 0.05) is 44.0 Å². The summed E-state index contributed by atoms with van der Waals surface area (Å²) in [6.07, 6.45) is 1.93. The molecule has 0 spiro atoms. The highest BCUT2D eigenvalue weighted by atomic mass is 35.5. The zero-order valence-corrected chi connectivity index (χ0v) is 18.1. The Bertz CT molecular complexity index is 1220. The number of piperazine rings is 1. The molecule has 0 aromatic carbocycles. The molecular formula is C20H20ClF2N7O2. The number of nitrogens with zero attached hydrogens (tertiary/aromatic N) is 7. The summed E-state index contributed by atoms with van der Waals surface area (Å²) in [6, 6.07) is 3.02. The molecule has 3 aliphatic heterocycles. The molecule has 2 bridgehead atoms. The fraction of sp³-hybridized carbons (Fsp3) is 0.450. The predicted octanol–water partition coefficient (Wildman–Crippen LogP) is 3.48. The minimum atomic E-state index is -3.21. The topological polar surface area (TPSA) is 100 Å². The Labute approximate surface area is 186 Å². The van der Waals surface area contributed by atoms with Gasteiger partial charge in [-0.3, -0.25) is 4.90 Å². The van der Waals surface area contributed by atoms with Crippen molar-refractivity contribution in [3.63, 3.8) is 0 Å². The first-order valence-corrected chi connectivity index (χ1v) is 10.6. The van der Waals surface area contributed by atoms with Gasteiger partial charge in [0.2, 0.25) is 5.82 Å². The molecule has 3 aromatic rings. The molecule has 168 valence electrons. The van der Waals surface area contributed by atoms with Gasteiger partial charge in [0.05, 0.1) is 23.0 Å². The van der Waals surface area contributed by atoms with Crippen molar-refractivity contribution >= 4 is 34.4 Å². The van der Waals surface area contributed by atoms with E-state index < -0.39 is 17.8 Å². The molecule has 2 unspecified atom stereocenters. The van der Waals surface area contributed by atoms with Crippen molar-refractivity contribution in [2.45, 2.75) is 44.7 Å². The van der Waals surface area contributed by atoms with Crippen molar-refractivity contribution in [2.75, 3.05) is 18.0 Å². The Kier molecular flexibility index (Phi) is 4.70. The molecule has 0 saturated carbocycles. The molecular weight excluding hydrogens is 444 g/mol. The first kappa shape index (κ1) is 20.8. The van der Waals surface area contributed by atoms with E-state index in [-0.39, 0.29) is 23.1 Å². The van der Waals surface area contributed by atoms with E-state index in [1.54, 1.807) is 18.3 Å². The summed E-state index contributed by atoms with van der Waals surface area (Å²) < 4.78 is 29.6. The molecule has 3 fully saturated rings. The van der Waals surface area contributed by atoms with Gasteiger partial charge in [-0.2, -0.15) is 8.78 Å². The Morgan fingerprint density at radius 3 is 2.62 bits per heavy atom. The highest BCUT2D eigenvalue weighted by molar-refractivity contribution is 6.30. The van der Waals surface area contributed by atoms with Crippen molar-refractivity contribution in [1.29, 1.82) is 0 Å². The number of piperidine rings is 1. The first-order chi connectivity index (χ1) is 15.2. The molecule has 32 heavy (non-hydrogen) atoms. The normalized spacial score (nSPS) is 20.5. The molecule has 9 nitrogen and oxygen atoms in total. The Morgan fingerprint density at radius 1 is 1.28 bits per heavy atom. The maximum absolute atomic E-state index is 14.0. The van der Waals surface area contributed by atoms with Gasteiger partial charge in [0.15, 0.2) is 11.6 Å². The Balaban J connectivity index is 1.62. The number of pyridine rings is 1. The van der Waals surface area contributed by atoms with E-state index in [9.17, 15) is 18.7 Å². The van der Waals surface area contributed by atoms with Gasteiger partial charge >= 0.3 is 12.0 Å². The zero-order valence-electron chi connectivity index (χ0n) is 17.3. The Hall–Kier alpha value is -3.08. The van der Waals surface area contributed by atoms with Crippen LogP contribution in [0.2, 0.25) is 5.15 Å². The second-order valence-corrected chi connectivity index (χ2v) is 8.57. The second kappa shape index (κ2) is 7.22. The predicted molar refractivity (Wildman–Crippen MR) is 113 cm³/mol. The van der Waals surface area contributed by atoms with Gasteiger partial charge in [-0.25, -0.2) is 24.4 Å². The third kappa shape index (κ3) is 3.31. The maximum Gasteiger partial charge on any atom is 0.407 e. The van der Waals surface area contributed by atoms with E-state index in [0.29, 0.717) is 41.9 Å². The fourth-order valence-corrected chi connectivity index (χ4v) is 4.59. The van der Waals surface area contributed by atoms with Crippen LogP contribution in [-0.2, 0) is 12.3 Å². The summed E-state index contributed by atoms with van der Waals surface area (Å²) in [5, 5.41) is 15.0. The van der Waals surface area contributed by atoms with E-state index >= 15 is 0 Å². The number of hydrogen-bond acceptors (Lipinski definition) is 6. The summed E-state index contributed by atoms with van der Waals surface area (Å²) in [7, 11) is 0. The van der Waals surface area contributed by atoms with Crippen LogP contribution in [0.1, 0.15) is 31.8 Å². The summed E-state index contributed by atoms with van der Waals surface area (Å²) in [5.74, 6) is -2.99. The summed E-state index contributed by atoms with van der Waals surface area (Å²) in [6.45, 7) is 3.55. The minimum Gasteiger partial charge on any atom is -0.465 e. The number of aromatic nitrogens is 5. The highest BCUT2D eigenvalue weighted by Crippen LogP contribution is 2.37. The van der Waals surface area contributed by atoms with Crippen LogP contribution in [0, 0.1) is 0 Å². The van der Waals surface area contributed by atoms with Crippen molar-refractivity contribution in [1.82, 2.24) is 29.6 Å². The molecule has 0 aliphatic carbocycles. The molecule has 6 heterocycles. The number of anilines is 1. The van der Waals surface area contributed by atoms with Crippen LogP contribution in [0.25, 0.3) is 16.7 Å². The quantitative estimate of drug-likeness (QED) is 0.591. The number of amides is 1.